The number of nitrogens with zero attached hydrogens (tertiary/aromatic N) is 3. The van der Waals surface area contributed by atoms with E-state index in [-0.39, 0.29) is 27.7 Å². The summed E-state index contributed by atoms with van der Waals surface area (Å²) in [6.07, 6.45) is 1.75. The first-order valence-electron chi connectivity index (χ1n) is 11.9. The van der Waals surface area contributed by atoms with Gasteiger partial charge < -0.3 is 14.5 Å². The fourth-order valence-electron chi connectivity index (χ4n) is 3.27. The summed E-state index contributed by atoms with van der Waals surface area (Å²) in [5.41, 5.74) is 1.53. The van der Waals surface area contributed by atoms with Crippen LogP contribution in [-0.2, 0) is 19.6 Å². The van der Waals surface area contributed by atoms with E-state index in [0.29, 0.717) is 36.5 Å². The molecule has 1 aromatic heterocycles. The third-order valence-electron chi connectivity index (χ3n) is 5.31. The molecule has 0 aliphatic carbocycles. The number of aromatic nitrogens is 2. The van der Waals surface area contributed by atoms with Crippen LogP contribution in [0.3, 0.4) is 0 Å². The molecule has 1 amide bonds. The number of thioether (sulfide) groups is 1. The Balaban J connectivity index is 1.53. The number of anilines is 1. The molecule has 1 heterocycles. The van der Waals surface area contributed by atoms with Gasteiger partial charge in [-0.3, -0.25) is 4.79 Å². The Hall–Kier alpha value is -3.22. The second kappa shape index (κ2) is 13.4. The van der Waals surface area contributed by atoms with Crippen molar-refractivity contribution in [3.8, 4) is 11.5 Å². The molecule has 2 aromatic carbocycles. The number of esters is 1. The number of unbranched alkanes of at least 4 members (excludes halogenated alkanes) is 1. The van der Waals surface area contributed by atoms with Crippen molar-refractivity contribution in [2.45, 2.75) is 43.7 Å². The molecule has 12 heteroatoms. The van der Waals surface area contributed by atoms with Gasteiger partial charge in [0.1, 0.15) is 0 Å². The summed E-state index contributed by atoms with van der Waals surface area (Å²) in [7, 11) is -3.56. The molecule has 1 N–H and O–H groups in total. The van der Waals surface area contributed by atoms with Crippen molar-refractivity contribution in [2.75, 3.05) is 30.8 Å². The van der Waals surface area contributed by atoms with Gasteiger partial charge in [0.2, 0.25) is 21.8 Å². The molecule has 3 rings (SSSR count). The highest BCUT2D eigenvalue weighted by Gasteiger charge is 2.22. The minimum absolute atomic E-state index is 0.0312. The topological polar surface area (TPSA) is 132 Å². The zero-order valence-electron chi connectivity index (χ0n) is 21.0. The number of carbonyl (C=O) groups is 2. The van der Waals surface area contributed by atoms with E-state index in [9.17, 15) is 18.0 Å². The summed E-state index contributed by atoms with van der Waals surface area (Å²) in [6.45, 7) is 6.75. The van der Waals surface area contributed by atoms with E-state index in [1.807, 2.05) is 6.92 Å². The lowest BCUT2D eigenvalue weighted by atomic mass is 10.2. The van der Waals surface area contributed by atoms with Gasteiger partial charge in [-0.1, -0.05) is 39.0 Å². The number of ether oxygens (including phenoxy) is 1. The van der Waals surface area contributed by atoms with Gasteiger partial charge in [0, 0.05) is 24.3 Å². The van der Waals surface area contributed by atoms with Gasteiger partial charge in [-0.05, 0) is 55.0 Å². The maximum absolute atomic E-state index is 12.6. The van der Waals surface area contributed by atoms with E-state index in [0.717, 1.165) is 24.6 Å². The van der Waals surface area contributed by atoms with Crippen LogP contribution in [0.5, 0.6) is 0 Å². The fraction of sp³-hybridized carbons (Fsp3) is 0.360. The molecule has 0 atom stereocenters. The van der Waals surface area contributed by atoms with Gasteiger partial charge in [0.05, 0.1) is 22.8 Å². The molecule has 198 valence electrons. The minimum Gasteiger partial charge on any atom is -0.462 e. The number of nitrogens with one attached hydrogen (secondary N) is 1. The van der Waals surface area contributed by atoms with Crippen molar-refractivity contribution in [1.29, 1.82) is 0 Å². The summed E-state index contributed by atoms with van der Waals surface area (Å²) >= 11 is 1.07. The molecule has 37 heavy (non-hydrogen) atoms. The predicted octanol–water partition coefficient (Wildman–Crippen LogP) is 4.45. The average molecular weight is 547 g/mol. The molecule has 0 unspecified atom stereocenters. The third kappa shape index (κ3) is 7.63. The van der Waals surface area contributed by atoms with Gasteiger partial charge in [-0.2, -0.15) is 4.31 Å². The first-order valence-corrected chi connectivity index (χ1v) is 14.3. The summed E-state index contributed by atoms with van der Waals surface area (Å²) in [6, 6.07) is 12.7. The van der Waals surface area contributed by atoms with Crippen LogP contribution in [0.15, 0.2) is 63.1 Å². The van der Waals surface area contributed by atoms with Crippen molar-refractivity contribution in [1.82, 2.24) is 14.5 Å². The third-order valence-corrected chi connectivity index (χ3v) is 8.20. The SMILES string of the molecule is CCCCOC(=O)c1ccc(NC(=O)CSc2nnc(-c3ccc(S(=O)(=O)N(CC)CC)cc3)o2)cc1. The highest BCUT2D eigenvalue weighted by atomic mass is 32.2. The average Bonchev–Trinajstić information content (AvgIpc) is 3.38. The molecule has 10 nitrogen and oxygen atoms in total. The number of carbonyl (C=O) groups excluding carboxylic acids is 2. The quantitative estimate of drug-likeness (QED) is 0.187. The molecule has 0 aliphatic heterocycles. The predicted molar refractivity (Wildman–Crippen MR) is 141 cm³/mol. The number of rotatable bonds is 13. The second-order valence-corrected chi connectivity index (χ2v) is 10.8. The molecule has 0 aliphatic rings. The number of sulfonamides is 1. The van der Waals surface area contributed by atoms with Crippen LogP contribution in [0.1, 0.15) is 44.0 Å². The fourth-order valence-corrected chi connectivity index (χ4v) is 5.29. The van der Waals surface area contributed by atoms with Gasteiger partial charge in [0.15, 0.2) is 0 Å². The molecule has 0 bridgehead atoms. The maximum atomic E-state index is 12.6. The lowest BCUT2D eigenvalue weighted by Crippen LogP contribution is -2.30. The van der Waals surface area contributed by atoms with Crippen LogP contribution in [-0.4, -0.2) is 60.2 Å². The second-order valence-electron chi connectivity index (χ2n) is 7.89. The lowest BCUT2D eigenvalue weighted by Gasteiger charge is -2.18. The van der Waals surface area contributed by atoms with Crippen LogP contribution in [0.2, 0.25) is 0 Å². The van der Waals surface area contributed by atoms with Crippen molar-refractivity contribution in [2.24, 2.45) is 0 Å². The number of benzene rings is 2. The molecule has 0 radical (unpaired) electrons. The van der Waals surface area contributed by atoms with Crippen LogP contribution in [0, 0.1) is 0 Å². The Labute approximate surface area is 220 Å². The summed E-state index contributed by atoms with van der Waals surface area (Å²) < 4.78 is 37.4. The van der Waals surface area contributed by atoms with Crippen LogP contribution >= 0.6 is 11.8 Å². The van der Waals surface area contributed by atoms with E-state index in [4.69, 9.17) is 9.15 Å². The van der Waals surface area contributed by atoms with Crippen LogP contribution < -0.4 is 5.32 Å². The Bertz CT molecular complexity index is 1290. The van der Waals surface area contributed by atoms with Gasteiger partial charge >= 0.3 is 5.97 Å². The van der Waals surface area contributed by atoms with Crippen LogP contribution in [0.4, 0.5) is 5.69 Å². The van der Waals surface area contributed by atoms with E-state index in [2.05, 4.69) is 15.5 Å². The largest absolute Gasteiger partial charge is 0.462 e. The minimum atomic E-state index is -3.56. The van der Waals surface area contributed by atoms with Crippen molar-refractivity contribution >= 4 is 39.3 Å². The Kier molecular flexibility index (Phi) is 10.2. The highest BCUT2D eigenvalue weighted by Crippen LogP contribution is 2.25. The normalized spacial score (nSPS) is 11.5. The van der Waals surface area contributed by atoms with E-state index in [1.54, 1.807) is 50.2 Å². The number of hydrogen-bond donors (Lipinski definition) is 1. The number of amides is 1. The van der Waals surface area contributed by atoms with Crippen molar-refractivity contribution < 1.29 is 27.2 Å². The maximum Gasteiger partial charge on any atom is 0.338 e. The Morgan fingerprint density at radius 1 is 1.00 bits per heavy atom. The van der Waals surface area contributed by atoms with Gasteiger partial charge in [0.25, 0.3) is 5.22 Å². The first-order chi connectivity index (χ1) is 17.8. The van der Waals surface area contributed by atoms with Crippen molar-refractivity contribution in [3.63, 3.8) is 0 Å². The first kappa shape index (κ1) is 28.4. The van der Waals surface area contributed by atoms with Gasteiger partial charge in [-0.25, -0.2) is 13.2 Å². The summed E-state index contributed by atoms with van der Waals surface area (Å²) in [4.78, 5) is 24.5. The van der Waals surface area contributed by atoms with Crippen LogP contribution in [0.25, 0.3) is 11.5 Å². The molecular formula is C25H30N4O6S2. The smallest absolute Gasteiger partial charge is 0.338 e. The number of hydrogen-bond acceptors (Lipinski definition) is 9. The Morgan fingerprint density at radius 3 is 2.30 bits per heavy atom. The molecule has 0 saturated carbocycles. The summed E-state index contributed by atoms with van der Waals surface area (Å²) in [5.74, 6) is -0.428. The van der Waals surface area contributed by atoms with Crippen molar-refractivity contribution in [3.05, 3.63) is 54.1 Å². The van der Waals surface area contributed by atoms with E-state index < -0.39 is 16.0 Å². The van der Waals surface area contributed by atoms with E-state index in [1.165, 1.54) is 16.4 Å². The monoisotopic (exact) mass is 546 g/mol. The van der Waals surface area contributed by atoms with Gasteiger partial charge in [-0.15, -0.1) is 10.2 Å². The lowest BCUT2D eigenvalue weighted by molar-refractivity contribution is -0.113. The summed E-state index contributed by atoms with van der Waals surface area (Å²) in [5, 5.41) is 10.9. The molecule has 0 fully saturated rings. The molecule has 0 spiro atoms. The van der Waals surface area contributed by atoms with E-state index >= 15 is 0 Å². The molecule has 0 saturated heterocycles. The standard InChI is InChI=1S/C25H30N4O6S2/c1-4-7-16-34-24(31)19-8-12-20(13-9-19)26-22(30)17-36-25-28-27-23(35-25)18-10-14-21(15-11-18)37(32,33)29(5-2)6-3/h8-15H,4-7,16-17H2,1-3H3,(H,26,30). The molecule has 3 aromatic rings. The zero-order chi connectivity index (χ0) is 26.8. The Morgan fingerprint density at radius 2 is 1.68 bits per heavy atom. The zero-order valence-corrected chi connectivity index (χ0v) is 22.6. The highest BCUT2D eigenvalue weighted by molar-refractivity contribution is 7.99. The molecular weight excluding hydrogens is 516 g/mol.